The molecule has 0 fully saturated rings. The van der Waals surface area contributed by atoms with Gasteiger partial charge in [-0.25, -0.2) is 0 Å². The molecule has 98 valence electrons. The lowest BCUT2D eigenvalue weighted by atomic mass is 9.97. The highest BCUT2D eigenvalue weighted by molar-refractivity contribution is 7.99. The van der Waals surface area contributed by atoms with Crippen LogP contribution in [0.1, 0.15) is 53.4 Å². The van der Waals surface area contributed by atoms with E-state index in [1.807, 2.05) is 11.8 Å². The lowest BCUT2D eigenvalue weighted by Gasteiger charge is -2.31. The number of aliphatic hydroxyl groups excluding tert-OH is 1. The standard InChI is InChI=1S/C13H29NOS/c1-5-7-8-9-16-12(3)10-13(4,11-15)14-6-2/h12,14-15H,5-11H2,1-4H3. The number of hydrogen-bond donors (Lipinski definition) is 2. The Labute approximate surface area is 106 Å². The van der Waals surface area contributed by atoms with Crippen LogP contribution in [0.25, 0.3) is 0 Å². The second-order valence-corrected chi connectivity index (χ2v) is 6.39. The van der Waals surface area contributed by atoms with Crippen molar-refractivity contribution in [2.45, 2.75) is 64.2 Å². The number of unbranched alkanes of at least 4 members (excludes halogenated alkanes) is 2. The summed E-state index contributed by atoms with van der Waals surface area (Å²) in [6, 6.07) is 0. The number of thioether (sulfide) groups is 1. The first kappa shape index (κ1) is 16.3. The van der Waals surface area contributed by atoms with E-state index < -0.39 is 0 Å². The van der Waals surface area contributed by atoms with Crippen molar-refractivity contribution >= 4 is 11.8 Å². The first-order valence-corrected chi connectivity index (χ1v) is 7.60. The Kier molecular flexibility index (Phi) is 9.47. The third-order valence-corrected chi connectivity index (χ3v) is 4.10. The lowest BCUT2D eigenvalue weighted by Crippen LogP contribution is -2.47. The van der Waals surface area contributed by atoms with Gasteiger partial charge in [0.2, 0.25) is 0 Å². The molecule has 0 aliphatic rings. The summed E-state index contributed by atoms with van der Waals surface area (Å²) in [5.41, 5.74) is -0.105. The van der Waals surface area contributed by atoms with E-state index in [9.17, 15) is 5.11 Å². The van der Waals surface area contributed by atoms with Crippen LogP contribution < -0.4 is 5.32 Å². The molecule has 2 nitrogen and oxygen atoms in total. The van der Waals surface area contributed by atoms with E-state index in [1.165, 1.54) is 25.0 Å². The number of hydrogen-bond acceptors (Lipinski definition) is 3. The van der Waals surface area contributed by atoms with Gasteiger partial charge in [-0.05, 0) is 32.1 Å². The Balaban J connectivity index is 3.77. The van der Waals surface area contributed by atoms with Crippen molar-refractivity contribution in [3.63, 3.8) is 0 Å². The first-order chi connectivity index (χ1) is 7.58. The Bertz CT molecular complexity index is 166. The third-order valence-electron chi connectivity index (χ3n) is 2.84. The van der Waals surface area contributed by atoms with Gasteiger partial charge in [0, 0.05) is 10.8 Å². The SMILES string of the molecule is CCCCCSC(C)CC(C)(CO)NCC. The van der Waals surface area contributed by atoms with Crippen LogP contribution >= 0.6 is 11.8 Å². The van der Waals surface area contributed by atoms with Crippen molar-refractivity contribution in [1.29, 1.82) is 0 Å². The van der Waals surface area contributed by atoms with Gasteiger partial charge in [0.15, 0.2) is 0 Å². The number of likely N-dealkylation sites (N-methyl/N-ethyl adjacent to an activating group) is 1. The minimum Gasteiger partial charge on any atom is -0.394 e. The van der Waals surface area contributed by atoms with Gasteiger partial charge in [0.1, 0.15) is 0 Å². The Morgan fingerprint density at radius 2 is 2.00 bits per heavy atom. The summed E-state index contributed by atoms with van der Waals surface area (Å²) in [4.78, 5) is 0. The second kappa shape index (κ2) is 9.32. The highest BCUT2D eigenvalue weighted by Gasteiger charge is 2.24. The van der Waals surface area contributed by atoms with Crippen molar-refractivity contribution < 1.29 is 5.11 Å². The first-order valence-electron chi connectivity index (χ1n) is 6.55. The minimum absolute atomic E-state index is 0.105. The van der Waals surface area contributed by atoms with Crippen molar-refractivity contribution in [3.05, 3.63) is 0 Å². The molecule has 0 amide bonds. The smallest absolute Gasteiger partial charge is 0.0611 e. The summed E-state index contributed by atoms with van der Waals surface area (Å²) < 4.78 is 0. The number of rotatable bonds is 10. The van der Waals surface area contributed by atoms with Crippen molar-refractivity contribution in [2.24, 2.45) is 0 Å². The van der Waals surface area contributed by atoms with Gasteiger partial charge in [-0.2, -0.15) is 11.8 Å². The molecule has 2 unspecified atom stereocenters. The van der Waals surface area contributed by atoms with Gasteiger partial charge >= 0.3 is 0 Å². The predicted molar refractivity (Wildman–Crippen MR) is 75.2 cm³/mol. The highest BCUT2D eigenvalue weighted by Crippen LogP contribution is 2.22. The Morgan fingerprint density at radius 1 is 1.31 bits per heavy atom. The van der Waals surface area contributed by atoms with Gasteiger partial charge < -0.3 is 10.4 Å². The molecule has 2 atom stereocenters. The minimum atomic E-state index is -0.105. The molecule has 0 aromatic heterocycles. The fraction of sp³-hybridized carbons (Fsp3) is 1.00. The molecule has 0 aliphatic carbocycles. The molecule has 0 radical (unpaired) electrons. The average molecular weight is 247 g/mol. The molecule has 0 bridgehead atoms. The Morgan fingerprint density at radius 3 is 2.50 bits per heavy atom. The topological polar surface area (TPSA) is 32.3 Å². The van der Waals surface area contributed by atoms with Gasteiger partial charge in [-0.1, -0.05) is 33.6 Å². The quantitative estimate of drug-likeness (QED) is 0.582. The highest BCUT2D eigenvalue weighted by atomic mass is 32.2. The zero-order chi connectivity index (χ0) is 12.4. The molecule has 0 aliphatic heterocycles. The van der Waals surface area contributed by atoms with Crippen molar-refractivity contribution in [2.75, 3.05) is 18.9 Å². The fourth-order valence-electron chi connectivity index (χ4n) is 1.95. The third kappa shape index (κ3) is 7.53. The van der Waals surface area contributed by atoms with Crippen LogP contribution in [0.4, 0.5) is 0 Å². The summed E-state index contributed by atoms with van der Waals surface area (Å²) >= 11 is 2.03. The molecule has 0 spiro atoms. The largest absolute Gasteiger partial charge is 0.394 e. The van der Waals surface area contributed by atoms with Crippen molar-refractivity contribution in [1.82, 2.24) is 5.32 Å². The summed E-state index contributed by atoms with van der Waals surface area (Å²) in [6.07, 6.45) is 4.99. The second-order valence-electron chi connectivity index (χ2n) is 4.84. The maximum absolute atomic E-state index is 9.40. The van der Waals surface area contributed by atoms with Gasteiger partial charge in [-0.3, -0.25) is 0 Å². The lowest BCUT2D eigenvalue weighted by molar-refractivity contribution is 0.168. The monoisotopic (exact) mass is 247 g/mol. The van der Waals surface area contributed by atoms with Gasteiger partial charge in [0.05, 0.1) is 6.61 Å². The molecule has 0 heterocycles. The van der Waals surface area contributed by atoms with Gasteiger partial charge in [0.25, 0.3) is 0 Å². The molecule has 0 aromatic carbocycles. The van der Waals surface area contributed by atoms with Gasteiger partial charge in [-0.15, -0.1) is 0 Å². The molecule has 0 rings (SSSR count). The van der Waals surface area contributed by atoms with Crippen molar-refractivity contribution in [3.8, 4) is 0 Å². The van der Waals surface area contributed by atoms with Crippen LogP contribution in [0.15, 0.2) is 0 Å². The fourth-order valence-corrected chi connectivity index (χ4v) is 3.21. The van der Waals surface area contributed by atoms with Crippen LogP contribution in [-0.2, 0) is 0 Å². The van der Waals surface area contributed by atoms with E-state index in [0.717, 1.165) is 13.0 Å². The molecule has 0 aromatic rings. The molecular formula is C13H29NOS. The van der Waals surface area contributed by atoms with Crippen LogP contribution in [0, 0.1) is 0 Å². The maximum Gasteiger partial charge on any atom is 0.0611 e. The van der Waals surface area contributed by atoms with E-state index in [-0.39, 0.29) is 12.1 Å². The number of aliphatic hydroxyl groups is 1. The van der Waals surface area contributed by atoms with Crippen LogP contribution in [-0.4, -0.2) is 34.8 Å². The molecule has 2 N–H and O–H groups in total. The average Bonchev–Trinajstić information content (AvgIpc) is 2.25. The zero-order valence-electron chi connectivity index (χ0n) is 11.4. The molecule has 3 heteroatoms. The van der Waals surface area contributed by atoms with Crippen LogP contribution in [0.5, 0.6) is 0 Å². The maximum atomic E-state index is 9.40. The molecular weight excluding hydrogens is 218 g/mol. The van der Waals surface area contributed by atoms with Crippen LogP contribution in [0.3, 0.4) is 0 Å². The van der Waals surface area contributed by atoms with E-state index in [0.29, 0.717) is 5.25 Å². The van der Waals surface area contributed by atoms with E-state index in [4.69, 9.17) is 0 Å². The molecule has 0 saturated heterocycles. The predicted octanol–water partition coefficient (Wildman–Crippen LogP) is 3.05. The van der Waals surface area contributed by atoms with E-state index in [2.05, 4.69) is 33.0 Å². The summed E-state index contributed by atoms with van der Waals surface area (Å²) in [6.45, 7) is 9.85. The summed E-state index contributed by atoms with van der Waals surface area (Å²) in [5, 5.41) is 13.4. The summed E-state index contributed by atoms with van der Waals surface area (Å²) in [5.74, 6) is 1.25. The normalized spacial score (nSPS) is 17.1. The van der Waals surface area contributed by atoms with Crippen LogP contribution in [0.2, 0.25) is 0 Å². The van der Waals surface area contributed by atoms with E-state index in [1.54, 1.807) is 0 Å². The Hall–Kier alpha value is 0.270. The molecule has 16 heavy (non-hydrogen) atoms. The summed E-state index contributed by atoms with van der Waals surface area (Å²) in [7, 11) is 0. The molecule has 0 saturated carbocycles. The number of nitrogens with one attached hydrogen (secondary N) is 1. The van der Waals surface area contributed by atoms with E-state index >= 15 is 0 Å². The zero-order valence-corrected chi connectivity index (χ0v) is 12.2.